The third-order valence-electron chi connectivity index (χ3n) is 4.82. The number of hydrogen-bond acceptors (Lipinski definition) is 6. The Morgan fingerprint density at radius 2 is 1.68 bits per heavy atom. The number of carbonyl (C=O) groups is 3. The number of aliphatic hydroxyl groups is 1. The smallest absolute Gasteiger partial charge is 0.340 e. The van der Waals surface area contributed by atoms with E-state index < -0.39 is 17.9 Å². The van der Waals surface area contributed by atoms with Gasteiger partial charge in [0.1, 0.15) is 0 Å². The lowest BCUT2D eigenvalue weighted by molar-refractivity contribution is 0.0526. The maximum atomic E-state index is 12.7. The number of ether oxygens (including phenoxy) is 1. The number of rotatable bonds is 8. The molecule has 0 saturated carbocycles. The molecule has 0 bridgehead atoms. The van der Waals surface area contributed by atoms with Crippen LogP contribution < -0.4 is 0 Å². The number of esters is 1. The van der Waals surface area contributed by atoms with Crippen LogP contribution in [0.5, 0.6) is 0 Å². The van der Waals surface area contributed by atoms with E-state index in [9.17, 15) is 29.7 Å². The average molecular weight is 443 g/mol. The number of aromatic nitrogens is 1. The molecule has 1 heterocycles. The topological polar surface area (TPSA) is 126 Å². The zero-order chi connectivity index (χ0) is 22.7. The molecule has 3 aromatic rings. The number of aryl methyl sites for hydroxylation is 1. The van der Waals surface area contributed by atoms with Crippen molar-refractivity contribution in [3.8, 4) is 0 Å². The highest BCUT2D eigenvalue weighted by atomic mass is 32.2. The normalized spacial score (nSPS) is 10.9. The minimum absolute atomic E-state index is 0.127. The molecule has 9 heteroatoms. The molecule has 2 aromatic carbocycles. The van der Waals surface area contributed by atoms with Gasteiger partial charge in [-0.3, -0.25) is 0 Å². The second-order valence-electron chi connectivity index (χ2n) is 6.76. The van der Waals surface area contributed by atoms with E-state index in [4.69, 9.17) is 4.74 Å². The lowest BCUT2D eigenvalue weighted by atomic mass is 10.1. The number of benzene rings is 2. The summed E-state index contributed by atoms with van der Waals surface area (Å²) in [6.07, 6.45) is 0. The molecule has 0 spiro atoms. The van der Waals surface area contributed by atoms with Gasteiger partial charge in [-0.25, -0.2) is 14.4 Å². The van der Waals surface area contributed by atoms with E-state index in [-0.39, 0.29) is 30.1 Å². The molecule has 0 aliphatic rings. The van der Waals surface area contributed by atoms with Crippen LogP contribution in [0, 0.1) is 0 Å². The first-order valence-electron chi connectivity index (χ1n) is 9.39. The highest BCUT2D eigenvalue weighted by Crippen LogP contribution is 2.33. The third-order valence-corrected chi connectivity index (χ3v) is 5.81. The first kappa shape index (κ1) is 22.4. The summed E-state index contributed by atoms with van der Waals surface area (Å²) in [6, 6.07) is 9.22. The molecule has 0 radical (unpaired) electrons. The van der Waals surface area contributed by atoms with Crippen LogP contribution in [0.15, 0.2) is 41.3 Å². The summed E-state index contributed by atoms with van der Waals surface area (Å²) in [5, 5.41) is 28.7. The molecule has 31 heavy (non-hydrogen) atoms. The van der Waals surface area contributed by atoms with E-state index >= 15 is 0 Å². The number of aliphatic hydroxyl groups excluding tert-OH is 1. The van der Waals surface area contributed by atoms with Gasteiger partial charge in [0.15, 0.2) is 0 Å². The zero-order valence-corrected chi connectivity index (χ0v) is 17.7. The Bertz CT molecular complexity index is 1150. The lowest BCUT2D eigenvalue weighted by Gasteiger charge is -2.09. The minimum Gasteiger partial charge on any atom is -0.478 e. The van der Waals surface area contributed by atoms with Crippen LogP contribution >= 0.6 is 11.8 Å². The van der Waals surface area contributed by atoms with Crippen LogP contribution in [-0.2, 0) is 24.1 Å². The van der Waals surface area contributed by atoms with Crippen LogP contribution in [0.25, 0.3) is 10.9 Å². The Balaban J connectivity index is 2.06. The summed E-state index contributed by atoms with van der Waals surface area (Å²) >= 11 is 1.22. The number of carboxylic acids is 2. The van der Waals surface area contributed by atoms with E-state index in [1.54, 1.807) is 26.1 Å². The molecule has 0 atom stereocenters. The van der Waals surface area contributed by atoms with Gasteiger partial charge < -0.3 is 24.6 Å². The van der Waals surface area contributed by atoms with Crippen LogP contribution in [0.1, 0.15) is 49.3 Å². The molecule has 0 aliphatic carbocycles. The van der Waals surface area contributed by atoms with Gasteiger partial charge >= 0.3 is 17.9 Å². The summed E-state index contributed by atoms with van der Waals surface area (Å²) in [5.41, 5.74) is 2.20. The molecular weight excluding hydrogens is 422 g/mol. The number of thioether (sulfide) groups is 1. The van der Waals surface area contributed by atoms with Crippen LogP contribution in [-0.4, -0.2) is 44.4 Å². The standard InChI is InChI=1S/C22H21NO7S/c1-3-30-22(29)19-16-6-12(10-24)4-5-17(16)23(2)18(19)11-31-15-8-13(20(25)26)7-14(9-15)21(27)28/h4-9,24H,3,10-11H2,1-2H3,(H,25,26)(H,27,28). The summed E-state index contributed by atoms with van der Waals surface area (Å²) in [4.78, 5) is 35.9. The Kier molecular flexibility index (Phi) is 6.67. The van der Waals surface area contributed by atoms with Crippen molar-refractivity contribution in [2.24, 2.45) is 7.05 Å². The van der Waals surface area contributed by atoms with Crippen molar-refractivity contribution in [1.82, 2.24) is 4.57 Å². The lowest BCUT2D eigenvalue weighted by Crippen LogP contribution is -2.08. The van der Waals surface area contributed by atoms with Gasteiger partial charge in [0.25, 0.3) is 0 Å². The first-order valence-corrected chi connectivity index (χ1v) is 10.4. The fourth-order valence-electron chi connectivity index (χ4n) is 3.32. The van der Waals surface area contributed by atoms with Gasteiger partial charge in [-0.2, -0.15) is 0 Å². The molecule has 0 amide bonds. The summed E-state index contributed by atoms with van der Waals surface area (Å²) in [6.45, 7) is 1.74. The van der Waals surface area contributed by atoms with Gasteiger partial charge in [0, 0.05) is 34.3 Å². The second-order valence-corrected chi connectivity index (χ2v) is 7.80. The van der Waals surface area contributed by atoms with Crippen LogP contribution in [0.4, 0.5) is 0 Å². The maximum absolute atomic E-state index is 12.7. The number of aromatic carboxylic acids is 2. The Morgan fingerprint density at radius 3 is 2.23 bits per heavy atom. The molecular formula is C22H21NO7S. The van der Waals surface area contributed by atoms with Crippen LogP contribution in [0.3, 0.4) is 0 Å². The SMILES string of the molecule is CCOC(=O)c1c(CSc2cc(C(=O)O)cc(C(=O)O)c2)n(C)c2ccc(CO)cc12. The number of hydrogen-bond donors (Lipinski definition) is 3. The highest BCUT2D eigenvalue weighted by molar-refractivity contribution is 7.98. The number of carboxylic acid groups (broad SMARTS) is 2. The van der Waals surface area contributed by atoms with Crippen LogP contribution in [0.2, 0.25) is 0 Å². The van der Waals surface area contributed by atoms with E-state index in [0.717, 1.165) is 11.6 Å². The number of fused-ring (bicyclic) bond motifs is 1. The molecule has 3 rings (SSSR count). The van der Waals surface area contributed by atoms with Gasteiger partial charge in [-0.15, -0.1) is 11.8 Å². The first-order chi connectivity index (χ1) is 14.8. The fraction of sp³-hybridized carbons (Fsp3) is 0.227. The third kappa shape index (κ3) is 4.57. The molecule has 1 aromatic heterocycles. The van der Waals surface area contributed by atoms with Crippen molar-refractivity contribution in [2.45, 2.75) is 24.2 Å². The van der Waals surface area contributed by atoms with Crippen molar-refractivity contribution in [1.29, 1.82) is 0 Å². The summed E-state index contributed by atoms with van der Waals surface area (Å²) < 4.78 is 7.08. The van der Waals surface area contributed by atoms with Gasteiger partial charge in [-0.1, -0.05) is 6.07 Å². The molecule has 0 unspecified atom stereocenters. The Morgan fingerprint density at radius 1 is 1.03 bits per heavy atom. The number of carbonyl (C=O) groups excluding carboxylic acids is 1. The molecule has 8 nitrogen and oxygen atoms in total. The fourth-order valence-corrected chi connectivity index (χ4v) is 4.39. The van der Waals surface area contributed by atoms with Gasteiger partial charge in [-0.05, 0) is 42.8 Å². The largest absolute Gasteiger partial charge is 0.478 e. The van der Waals surface area contributed by atoms with Crippen molar-refractivity contribution in [3.05, 3.63) is 64.3 Å². The molecule has 0 saturated heterocycles. The Labute approximate surface area is 182 Å². The van der Waals surface area contributed by atoms with Gasteiger partial charge in [0.2, 0.25) is 0 Å². The van der Waals surface area contributed by atoms with Gasteiger partial charge in [0.05, 0.1) is 29.9 Å². The predicted octanol–water partition coefficient (Wildman–Crippen LogP) is 3.54. The van der Waals surface area contributed by atoms with E-state index in [2.05, 4.69) is 0 Å². The van der Waals surface area contributed by atoms with Crippen molar-refractivity contribution < 1.29 is 34.4 Å². The second kappa shape index (κ2) is 9.23. The zero-order valence-electron chi connectivity index (χ0n) is 16.9. The Hall–Kier alpha value is -3.30. The average Bonchev–Trinajstić information content (AvgIpc) is 3.03. The van der Waals surface area contributed by atoms with E-state index in [0.29, 0.717) is 27.1 Å². The van der Waals surface area contributed by atoms with Crippen molar-refractivity contribution >= 4 is 40.6 Å². The molecule has 0 aliphatic heterocycles. The molecule has 0 fully saturated rings. The monoisotopic (exact) mass is 443 g/mol. The van der Waals surface area contributed by atoms with E-state index in [1.807, 2.05) is 10.6 Å². The highest BCUT2D eigenvalue weighted by Gasteiger charge is 2.23. The maximum Gasteiger partial charge on any atom is 0.340 e. The van der Waals surface area contributed by atoms with Crippen molar-refractivity contribution in [2.75, 3.05) is 6.61 Å². The predicted molar refractivity (Wildman–Crippen MR) is 115 cm³/mol. The quantitative estimate of drug-likeness (QED) is 0.357. The summed E-state index contributed by atoms with van der Waals surface area (Å²) in [7, 11) is 1.80. The van der Waals surface area contributed by atoms with Crippen molar-refractivity contribution in [3.63, 3.8) is 0 Å². The summed E-state index contributed by atoms with van der Waals surface area (Å²) in [5.74, 6) is -2.67. The number of nitrogens with zero attached hydrogens (tertiary/aromatic N) is 1. The molecule has 162 valence electrons. The molecule has 3 N–H and O–H groups in total. The minimum atomic E-state index is -1.22. The van der Waals surface area contributed by atoms with E-state index in [1.165, 1.54) is 23.9 Å².